The number of carbonyl (C=O) groups is 1. The Morgan fingerprint density at radius 3 is 2.46 bits per heavy atom. The van der Waals surface area contributed by atoms with Crippen LogP contribution in [0.3, 0.4) is 0 Å². The number of carbonyl (C=O) groups excluding carboxylic acids is 1. The van der Waals surface area contributed by atoms with Gasteiger partial charge in [0.1, 0.15) is 5.69 Å². The maximum absolute atomic E-state index is 12.6. The summed E-state index contributed by atoms with van der Waals surface area (Å²) in [7, 11) is 0. The number of aromatic nitrogens is 2. The van der Waals surface area contributed by atoms with Gasteiger partial charge >= 0.3 is 6.18 Å². The number of hydrogen-bond donors (Lipinski definition) is 0. The molecule has 0 aliphatic carbocycles. The van der Waals surface area contributed by atoms with Gasteiger partial charge in [0.05, 0.1) is 0 Å². The molecule has 0 saturated carbocycles. The molecule has 0 spiro atoms. The zero-order chi connectivity index (χ0) is 18.6. The molecule has 0 aromatic carbocycles. The third-order valence-electron chi connectivity index (χ3n) is 4.30. The normalized spacial score (nSPS) is 16.6. The number of pyridine rings is 2. The molecule has 2 aromatic heterocycles. The molecule has 1 amide bonds. The first-order valence-electron chi connectivity index (χ1n) is 8.33. The maximum atomic E-state index is 12.6. The Bertz CT molecular complexity index is 734. The van der Waals surface area contributed by atoms with Crippen molar-refractivity contribution in [1.29, 1.82) is 0 Å². The van der Waals surface area contributed by atoms with Gasteiger partial charge in [0.25, 0.3) is 0 Å². The van der Waals surface area contributed by atoms with Crippen LogP contribution in [0.1, 0.15) is 23.2 Å². The fourth-order valence-corrected chi connectivity index (χ4v) is 2.89. The first-order chi connectivity index (χ1) is 12.4. The van der Waals surface area contributed by atoms with Crippen LogP contribution in [0.4, 0.5) is 13.2 Å². The van der Waals surface area contributed by atoms with Crippen LogP contribution in [0.2, 0.25) is 0 Å². The highest BCUT2D eigenvalue weighted by Crippen LogP contribution is 2.27. The molecule has 0 unspecified atom stereocenters. The summed E-state index contributed by atoms with van der Waals surface area (Å²) in [5.74, 6) is -0.00131. The van der Waals surface area contributed by atoms with Gasteiger partial charge in [-0.15, -0.1) is 0 Å². The Balaban J connectivity index is 1.59. The Labute approximate surface area is 149 Å². The monoisotopic (exact) mass is 364 g/mol. The summed E-state index contributed by atoms with van der Waals surface area (Å²) in [5.41, 5.74) is 0.749. The zero-order valence-corrected chi connectivity index (χ0v) is 14.1. The van der Waals surface area contributed by atoms with Crippen molar-refractivity contribution in [2.75, 3.05) is 19.6 Å². The van der Waals surface area contributed by atoms with E-state index in [4.69, 9.17) is 0 Å². The lowest BCUT2D eigenvalue weighted by Crippen LogP contribution is -2.32. The highest BCUT2D eigenvalue weighted by atomic mass is 19.4. The van der Waals surface area contributed by atoms with E-state index in [1.165, 1.54) is 12.3 Å². The van der Waals surface area contributed by atoms with Crippen LogP contribution in [0.5, 0.6) is 0 Å². The van der Waals surface area contributed by atoms with Gasteiger partial charge in [-0.3, -0.25) is 19.7 Å². The van der Waals surface area contributed by atoms with Gasteiger partial charge in [0.2, 0.25) is 5.91 Å². The number of nitrogens with zero attached hydrogens (tertiary/aromatic N) is 4. The van der Waals surface area contributed by atoms with Crippen LogP contribution >= 0.6 is 0 Å². The Morgan fingerprint density at radius 2 is 1.81 bits per heavy atom. The molecule has 1 saturated heterocycles. The van der Waals surface area contributed by atoms with E-state index in [0.29, 0.717) is 31.6 Å². The summed E-state index contributed by atoms with van der Waals surface area (Å²) in [4.78, 5) is 23.7. The smallest absolute Gasteiger partial charge is 0.337 e. The Hall–Kier alpha value is -2.48. The van der Waals surface area contributed by atoms with E-state index < -0.39 is 11.9 Å². The number of amides is 1. The van der Waals surface area contributed by atoms with Crippen LogP contribution in [-0.2, 0) is 24.1 Å². The van der Waals surface area contributed by atoms with E-state index in [1.54, 1.807) is 17.3 Å². The second kappa shape index (κ2) is 7.82. The number of halogens is 3. The fraction of sp³-hybridized carbons (Fsp3) is 0.389. The van der Waals surface area contributed by atoms with Crippen molar-refractivity contribution < 1.29 is 18.0 Å². The molecule has 1 aliphatic rings. The quantitative estimate of drug-likeness (QED) is 0.837. The molecule has 0 N–H and O–H groups in total. The molecule has 26 heavy (non-hydrogen) atoms. The third-order valence-corrected chi connectivity index (χ3v) is 4.30. The molecule has 1 fully saturated rings. The van der Waals surface area contributed by atoms with Crippen LogP contribution in [0.25, 0.3) is 0 Å². The van der Waals surface area contributed by atoms with E-state index in [0.717, 1.165) is 18.2 Å². The molecule has 3 heterocycles. The average Bonchev–Trinajstić information content (AvgIpc) is 2.78. The number of alkyl halides is 3. The van der Waals surface area contributed by atoms with E-state index in [2.05, 4.69) is 14.9 Å². The molecule has 8 heteroatoms. The summed E-state index contributed by atoms with van der Waals surface area (Å²) < 4.78 is 37.7. The van der Waals surface area contributed by atoms with Gasteiger partial charge in [-0.1, -0.05) is 12.1 Å². The second-order valence-corrected chi connectivity index (χ2v) is 6.25. The largest absolute Gasteiger partial charge is 0.433 e. The summed E-state index contributed by atoms with van der Waals surface area (Å²) >= 11 is 0. The minimum Gasteiger partial charge on any atom is -0.337 e. The van der Waals surface area contributed by atoms with Crippen molar-refractivity contribution in [1.82, 2.24) is 19.8 Å². The predicted octanol–water partition coefficient (Wildman–Crippen LogP) is 2.73. The molecule has 2 aromatic rings. The number of hydrogen-bond acceptors (Lipinski definition) is 4. The fourth-order valence-electron chi connectivity index (χ4n) is 2.89. The first kappa shape index (κ1) is 18.3. The number of rotatable bonds is 4. The average molecular weight is 364 g/mol. The van der Waals surface area contributed by atoms with Crippen molar-refractivity contribution >= 4 is 5.91 Å². The van der Waals surface area contributed by atoms with E-state index in [1.807, 2.05) is 12.1 Å². The first-order valence-corrected chi connectivity index (χ1v) is 8.33. The van der Waals surface area contributed by atoms with Gasteiger partial charge in [-0.2, -0.15) is 13.2 Å². The van der Waals surface area contributed by atoms with Crippen LogP contribution in [0.15, 0.2) is 42.9 Å². The molecule has 0 radical (unpaired) electrons. The van der Waals surface area contributed by atoms with Crippen molar-refractivity contribution in [2.45, 2.75) is 25.7 Å². The van der Waals surface area contributed by atoms with Crippen molar-refractivity contribution in [2.24, 2.45) is 0 Å². The van der Waals surface area contributed by atoms with Crippen LogP contribution in [0, 0.1) is 0 Å². The predicted molar refractivity (Wildman–Crippen MR) is 88.8 cm³/mol. The molecular formula is C18H19F3N4O. The molecule has 3 rings (SSSR count). The minimum atomic E-state index is -4.45. The molecule has 5 nitrogen and oxygen atoms in total. The van der Waals surface area contributed by atoms with Crippen molar-refractivity contribution in [3.05, 3.63) is 59.7 Å². The molecule has 138 valence electrons. The minimum absolute atomic E-state index is 0.00131. The standard InChI is InChI=1S/C18H19F3N4O/c19-18(20,21)16-4-3-15(11-23-16)13-25-9-8-24(7-5-17(25)26)12-14-2-1-6-22-10-14/h1-4,6,10-11H,5,7-9,12-13H2. The topological polar surface area (TPSA) is 49.3 Å². The third kappa shape index (κ3) is 4.78. The lowest BCUT2D eigenvalue weighted by atomic mass is 10.2. The van der Waals surface area contributed by atoms with Crippen molar-refractivity contribution in [3.63, 3.8) is 0 Å². The van der Waals surface area contributed by atoms with E-state index >= 15 is 0 Å². The molecular weight excluding hydrogens is 345 g/mol. The molecule has 0 atom stereocenters. The van der Waals surface area contributed by atoms with Crippen LogP contribution < -0.4 is 0 Å². The molecule has 0 bridgehead atoms. The van der Waals surface area contributed by atoms with Gasteiger partial charge in [-0.05, 0) is 23.3 Å². The highest BCUT2D eigenvalue weighted by Gasteiger charge is 2.32. The molecule has 1 aliphatic heterocycles. The lowest BCUT2D eigenvalue weighted by molar-refractivity contribution is -0.141. The van der Waals surface area contributed by atoms with Gasteiger partial charge in [-0.25, -0.2) is 0 Å². The summed E-state index contributed by atoms with van der Waals surface area (Å²) in [6.07, 6.45) is 0.639. The lowest BCUT2D eigenvalue weighted by Gasteiger charge is -2.22. The Morgan fingerprint density at radius 1 is 1.00 bits per heavy atom. The van der Waals surface area contributed by atoms with E-state index in [9.17, 15) is 18.0 Å². The zero-order valence-electron chi connectivity index (χ0n) is 14.1. The summed E-state index contributed by atoms with van der Waals surface area (Å²) in [5, 5.41) is 0. The van der Waals surface area contributed by atoms with Gasteiger partial charge in [0, 0.05) is 57.7 Å². The van der Waals surface area contributed by atoms with Crippen molar-refractivity contribution in [3.8, 4) is 0 Å². The summed E-state index contributed by atoms with van der Waals surface area (Å²) in [6.45, 7) is 2.87. The Kier molecular flexibility index (Phi) is 5.51. The van der Waals surface area contributed by atoms with Crippen LogP contribution in [-0.4, -0.2) is 45.3 Å². The maximum Gasteiger partial charge on any atom is 0.433 e. The summed E-state index contributed by atoms with van der Waals surface area (Å²) in [6, 6.07) is 6.20. The van der Waals surface area contributed by atoms with E-state index in [-0.39, 0.29) is 12.5 Å². The van der Waals surface area contributed by atoms with Gasteiger partial charge in [0.15, 0.2) is 0 Å². The SMILES string of the molecule is O=C1CCN(Cc2cccnc2)CCN1Cc1ccc(C(F)(F)F)nc1. The highest BCUT2D eigenvalue weighted by molar-refractivity contribution is 5.76. The van der Waals surface area contributed by atoms with Gasteiger partial charge < -0.3 is 4.90 Å². The second-order valence-electron chi connectivity index (χ2n) is 6.25.